The molecule has 6 rings (SSSR count). The van der Waals surface area contributed by atoms with Crippen molar-refractivity contribution in [2.24, 2.45) is 17.8 Å². The predicted octanol–water partition coefficient (Wildman–Crippen LogP) is 6.00. The second-order valence-electron chi connectivity index (χ2n) is 11.1. The van der Waals surface area contributed by atoms with E-state index in [4.69, 9.17) is 25.8 Å². The Morgan fingerprint density at radius 1 is 1.28 bits per heavy atom. The van der Waals surface area contributed by atoms with Crippen molar-refractivity contribution in [3.63, 3.8) is 0 Å². The normalized spacial score (nSPS) is 30.6. The Morgan fingerprint density at radius 3 is 2.86 bits per heavy atom. The van der Waals surface area contributed by atoms with Crippen LogP contribution in [0.2, 0.25) is 5.02 Å². The summed E-state index contributed by atoms with van der Waals surface area (Å²) in [4.78, 5) is 14.9. The zero-order valence-corrected chi connectivity index (χ0v) is 21.8. The number of ether oxygens (including phenoxy) is 3. The summed E-state index contributed by atoms with van der Waals surface area (Å²) in [7, 11) is 3.19. The highest BCUT2D eigenvalue weighted by Gasteiger charge is 2.54. The number of fused-ring (bicyclic) bond motifs is 5. The Bertz CT molecular complexity index is 1200. The molecule has 5 nitrogen and oxygen atoms in total. The van der Waals surface area contributed by atoms with Crippen molar-refractivity contribution >= 4 is 23.3 Å². The number of hydrogen-bond acceptors (Lipinski definition) is 5. The van der Waals surface area contributed by atoms with Gasteiger partial charge in [0.2, 0.25) is 0 Å². The number of nitrogens with zero attached hydrogens (tertiary/aromatic N) is 1. The summed E-state index contributed by atoms with van der Waals surface area (Å²) >= 11 is 6.45. The summed E-state index contributed by atoms with van der Waals surface area (Å²) in [6, 6.07) is 12.1. The summed E-state index contributed by atoms with van der Waals surface area (Å²) in [6.45, 7) is 6.35. The molecule has 0 bridgehead atoms. The molecule has 190 valence electrons. The van der Waals surface area contributed by atoms with Crippen molar-refractivity contribution in [1.29, 1.82) is 0 Å². The van der Waals surface area contributed by atoms with Gasteiger partial charge in [-0.25, -0.2) is 4.79 Å². The monoisotopic (exact) mass is 507 g/mol. The van der Waals surface area contributed by atoms with Gasteiger partial charge in [-0.1, -0.05) is 23.7 Å². The summed E-state index contributed by atoms with van der Waals surface area (Å²) in [6.07, 6.45) is 6.64. The van der Waals surface area contributed by atoms with E-state index in [0.717, 1.165) is 48.8 Å². The van der Waals surface area contributed by atoms with Crippen LogP contribution in [0.15, 0.2) is 49.1 Å². The molecule has 36 heavy (non-hydrogen) atoms. The van der Waals surface area contributed by atoms with Crippen molar-refractivity contribution in [1.82, 2.24) is 0 Å². The minimum Gasteiger partial charge on any atom is -0.490 e. The molecule has 0 saturated heterocycles. The number of carbonyl (C=O) groups is 1. The minimum absolute atomic E-state index is 0.0617. The first-order valence-corrected chi connectivity index (χ1v) is 13.4. The van der Waals surface area contributed by atoms with E-state index in [9.17, 15) is 4.79 Å². The van der Waals surface area contributed by atoms with Gasteiger partial charge in [0.1, 0.15) is 5.75 Å². The molecule has 4 aliphatic rings. The third-order valence-corrected chi connectivity index (χ3v) is 9.37. The molecule has 0 aromatic heterocycles. The summed E-state index contributed by atoms with van der Waals surface area (Å²) in [5.41, 5.74) is 4.17. The SMILES string of the molecule is C=C[C@H](OC)[C@@H]1CC[C@H]1CN1C[C@]2(COc3ccc(C(=O)OC)cc31)C[C@@H]1CC1c1cc(Cl)ccc12. The van der Waals surface area contributed by atoms with Crippen LogP contribution in [0.3, 0.4) is 0 Å². The Hall–Kier alpha value is -2.50. The lowest BCUT2D eigenvalue weighted by Crippen LogP contribution is -2.49. The number of hydrogen-bond donors (Lipinski definition) is 0. The molecule has 0 amide bonds. The van der Waals surface area contributed by atoms with Gasteiger partial charge in [0.05, 0.1) is 31.1 Å². The number of esters is 1. The second-order valence-corrected chi connectivity index (χ2v) is 11.5. The lowest BCUT2D eigenvalue weighted by Gasteiger charge is -2.45. The summed E-state index contributed by atoms with van der Waals surface area (Å²) < 4.78 is 17.3. The van der Waals surface area contributed by atoms with E-state index in [0.29, 0.717) is 35.8 Å². The maximum atomic E-state index is 12.4. The molecule has 6 heteroatoms. The topological polar surface area (TPSA) is 48.0 Å². The molecular formula is C30H34ClNO4. The Balaban J connectivity index is 1.40. The van der Waals surface area contributed by atoms with Crippen molar-refractivity contribution < 1.29 is 19.0 Å². The standard InChI is InChI=1S/C30H34ClNO4/c1-4-27(34-2)22-8-5-19(22)15-32-16-30(14-20-11-23(20)24-13-21(31)7-9-25(24)30)17-36-28-10-6-18(12-26(28)32)29(33)35-3/h4,6-7,9-10,12-13,19-20,22-23,27H,1,5,8,11,14-17H2,2-3H3/t19-,20-,22+,23?,27-,30-/m0/s1. The van der Waals surface area contributed by atoms with E-state index < -0.39 is 0 Å². The van der Waals surface area contributed by atoms with Crippen LogP contribution >= 0.6 is 11.6 Å². The molecule has 1 unspecified atom stereocenters. The van der Waals surface area contributed by atoms with Crippen molar-refractivity contribution in [3.05, 3.63) is 70.8 Å². The molecule has 1 heterocycles. The van der Waals surface area contributed by atoms with Gasteiger partial charge in [-0.3, -0.25) is 0 Å². The number of carbonyl (C=O) groups excluding carboxylic acids is 1. The van der Waals surface area contributed by atoms with Crippen LogP contribution in [0.25, 0.3) is 0 Å². The lowest BCUT2D eigenvalue weighted by atomic mass is 9.68. The molecule has 3 aliphatic carbocycles. The van der Waals surface area contributed by atoms with Crippen LogP contribution in [-0.2, 0) is 14.9 Å². The van der Waals surface area contributed by atoms with Crippen LogP contribution in [-0.4, -0.2) is 46.0 Å². The highest BCUT2D eigenvalue weighted by molar-refractivity contribution is 6.30. The number of methoxy groups -OCH3 is 2. The van der Waals surface area contributed by atoms with Crippen LogP contribution in [0.1, 0.15) is 53.1 Å². The second kappa shape index (κ2) is 9.11. The maximum Gasteiger partial charge on any atom is 0.337 e. The average Bonchev–Trinajstić information content (AvgIpc) is 3.68. The smallest absolute Gasteiger partial charge is 0.337 e. The van der Waals surface area contributed by atoms with Gasteiger partial charge < -0.3 is 19.1 Å². The first-order chi connectivity index (χ1) is 17.5. The molecule has 2 saturated carbocycles. The van der Waals surface area contributed by atoms with E-state index in [2.05, 4.69) is 23.6 Å². The third kappa shape index (κ3) is 3.92. The Morgan fingerprint density at radius 2 is 2.14 bits per heavy atom. The quantitative estimate of drug-likeness (QED) is 0.354. The van der Waals surface area contributed by atoms with Crippen molar-refractivity contribution in [2.45, 2.75) is 43.1 Å². The molecule has 2 fully saturated rings. The third-order valence-electron chi connectivity index (χ3n) is 9.14. The zero-order valence-electron chi connectivity index (χ0n) is 21.0. The largest absolute Gasteiger partial charge is 0.490 e. The maximum absolute atomic E-state index is 12.4. The van der Waals surface area contributed by atoms with Gasteiger partial charge in [-0.2, -0.15) is 0 Å². The van der Waals surface area contributed by atoms with Gasteiger partial charge in [0.25, 0.3) is 0 Å². The fourth-order valence-corrected chi connectivity index (χ4v) is 7.25. The number of rotatable bonds is 6. The lowest BCUT2D eigenvalue weighted by molar-refractivity contribution is 0.0135. The van der Waals surface area contributed by atoms with E-state index in [1.54, 1.807) is 13.2 Å². The summed E-state index contributed by atoms with van der Waals surface area (Å²) in [5, 5.41) is 0.807. The minimum atomic E-state index is -0.331. The average molecular weight is 508 g/mol. The van der Waals surface area contributed by atoms with Crippen molar-refractivity contribution in [3.8, 4) is 5.75 Å². The zero-order chi connectivity index (χ0) is 25.0. The van der Waals surface area contributed by atoms with E-state index in [-0.39, 0.29) is 17.5 Å². The number of benzene rings is 2. The number of halogens is 1. The van der Waals surface area contributed by atoms with Gasteiger partial charge in [0, 0.05) is 30.6 Å². The Kier molecular flexibility index (Phi) is 6.04. The molecule has 1 aliphatic heterocycles. The molecule has 1 spiro atoms. The summed E-state index contributed by atoms with van der Waals surface area (Å²) in [5.74, 6) is 2.74. The molecule has 0 N–H and O–H groups in total. The Labute approximate surface area is 218 Å². The van der Waals surface area contributed by atoms with Crippen LogP contribution in [0.4, 0.5) is 5.69 Å². The van der Waals surface area contributed by atoms with Crippen LogP contribution < -0.4 is 9.64 Å². The molecule has 0 radical (unpaired) electrons. The van der Waals surface area contributed by atoms with Gasteiger partial charge in [-0.15, -0.1) is 6.58 Å². The van der Waals surface area contributed by atoms with E-state index in [1.807, 2.05) is 24.3 Å². The molecule has 2 aromatic carbocycles. The molecule has 6 atom stereocenters. The fraction of sp³-hybridized carbons (Fsp3) is 0.500. The first kappa shape index (κ1) is 23.9. The van der Waals surface area contributed by atoms with Gasteiger partial charge in [0.15, 0.2) is 0 Å². The molecular weight excluding hydrogens is 474 g/mol. The van der Waals surface area contributed by atoms with E-state index in [1.165, 1.54) is 24.7 Å². The predicted molar refractivity (Wildman–Crippen MR) is 141 cm³/mol. The fourth-order valence-electron chi connectivity index (χ4n) is 7.06. The highest BCUT2D eigenvalue weighted by Crippen LogP contribution is 2.61. The van der Waals surface area contributed by atoms with Crippen LogP contribution in [0, 0.1) is 17.8 Å². The first-order valence-electron chi connectivity index (χ1n) is 13.0. The van der Waals surface area contributed by atoms with Crippen molar-refractivity contribution in [2.75, 3.05) is 38.8 Å². The van der Waals surface area contributed by atoms with Gasteiger partial charge in [-0.05, 0) is 90.8 Å². The highest BCUT2D eigenvalue weighted by atomic mass is 35.5. The molecule has 2 aromatic rings. The van der Waals surface area contributed by atoms with Gasteiger partial charge >= 0.3 is 5.97 Å². The number of anilines is 1. The van der Waals surface area contributed by atoms with Crippen LogP contribution in [0.5, 0.6) is 5.75 Å². The van der Waals surface area contributed by atoms with E-state index >= 15 is 0 Å².